The maximum absolute atomic E-state index is 12.1. The number of carbonyl (C=O) groups excluding carboxylic acids is 1. The third kappa shape index (κ3) is 4.32. The van der Waals surface area contributed by atoms with Gasteiger partial charge in [-0.2, -0.15) is 0 Å². The predicted octanol–water partition coefficient (Wildman–Crippen LogP) is 4.44. The van der Waals surface area contributed by atoms with Gasteiger partial charge in [-0.15, -0.1) is 0 Å². The first kappa shape index (κ1) is 15.0. The quantitative estimate of drug-likeness (QED) is 0.762. The molecule has 0 heterocycles. The largest absolute Gasteiger partial charge is 0.352 e. The van der Waals surface area contributed by atoms with Gasteiger partial charge in [0.15, 0.2) is 0 Å². The first-order chi connectivity index (χ1) is 9.06. The van der Waals surface area contributed by atoms with Crippen molar-refractivity contribution in [2.24, 2.45) is 5.92 Å². The lowest BCUT2D eigenvalue weighted by molar-refractivity contribution is 0.0943. The summed E-state index contributed by atoms with van der Waals surface area (Å²) >= 11 is 7.11. The molecule has 1 fully saturated rings. The second-order valence-electron chi connectivity index (χ2n) is 5.31. The van der Waals surface area contributed by atoms with Crippen LogP contribution in [-0.2, 0) is 0 Å². The van der Waals surface area contributed by atoms with E-state index in [4.69, 9.17) is 0 Å². The summed E-state index contributed by atoms with van der Waals surface area (Å²) in [5.74, 6) is 0.648. The van der Waals surface area contributed by atoms with Gasteiger partial charge < -0.3 is 5.32 Å². The molecule has 0 radical (unpaired) electrons. The molecule has 2 nitrogen and oxygen atoms in total. The Bertz CT molecular complexity index is 453. The van der Waals surface area contributed by atoms with E-state index < -0.39 is 0 Å². The first-order valence-electron chi connectivity index (χ1n) is 6.74. The van der Waals surface area contributed by atoms with E-state index in [1.807, 2.05) is 25.1 Å². The lowest BCUT2D eigenvalue weighted by Gasteiger charge is -2.25. The van der Waals surface area contributed by atoms with Gasteiger partial charge >= 0.3 is 0 Å². The van der Waals surface area contributed by atoms with Crippen LogP contribution in [0.3, 0.4) is 0 Å². The Balaban J connectivity index is 1.87. The van der Waals surface area contributed by atoms with Crippen molar-refractivity contribution in [3.8, 4) is 0 Å². The van der Waals surface area contributed by atoms with Crippen molar-refractivity contribution in [3.05, 3.63) is 33.8 Å². The molecule has 4 heteroatoms. The highest BCUT2D eigenvalue weighted by atomic mass is 79.9. The van der Waals surface area contributed by atoms with Crippen molar-refractivity contribution >= 4 is 37.8 Å². The maximum atomic E-state index is 12.1. The molecule has 1 N–H and O–H groups in total. The molecule has 1 aliphatic carbocycles. The predicted molar refractivity (Wildman–Crippen MR) is 85.9 cm³/mol. The third-order valence-corrected chi connectivity index (χ3v) is 5.27. The molecule has 1 saturated carbocycles. The molecule has 1 aromatic rings. The first-order valence-corrected chi connectivity index (χ1v) is 8.45. The lowest BCUT2D eigenvalue weighted by atomic mass is 9.89. The van der Waals surface area contributed by atoms with Crippen LogP contribution < -0.4 is 5.32 Å². The number of alkyl halides is 1. The average Bonchev–Trinajstić information content (AvgIpc) is 2.37. The Hall–Kier alpha value is -0.350. The maximum Gasteiger partial charge on any atom is 0.252 e. The minimum Gasteiger partial charge on any atom is -0.352 e. The molecule has 0 saturated heterocycles. The van der Waals surface area contributed by atoms with Crippen LogP contribution in [0.1, 0.15) is 41.6 Å². The molecule has 0 atom stereocenters. The van der Waals surface area contributed by atoms with Crippen LogP contribution >= 0.6 is 31.9 Å². The van der Waals surface area contributed by atoms with E-state index in [1.54, 1.807) is 0 Å². The summed E-state index contributed by atoms with van der Waals surface area (Å²) in [6.45, 7) is 2.81. The van der Waals surface area contributed by atoms with Crippen LogP contribution in [0.4, 0.5) is 0 Å². The molecule has 0 aromatic heterocycles. The van der Waals surface area contributed by atoms with Crippen molar-refractivity contribution in [3.63, 3.8) is 0 Å². The van der Waals surface area contributed by atoms with Gasteiger partial charge in [-0.3, -0.25) is 4.79 Å². The fourth-order valence-electron chi connectivity index (χ4n) is 2.46. The van der Waals surface area contributed by atoms with Crippen LogP contribution in [0.5, 0.6) is 0 Å². The summed E-state index contributed by atoms with van der Waals surface area (Å²) in [6.07, 6.45) is 4.83. The molecule has 0 spiro atoms. The highest BCUT2D eigenvalue weighted by Gasteiger charge is 2.20. The van der Waals surface area contributed by atoms with E-state index >= 15 is 0 Å². The van der Waals surface area contributed by atoms with Gasteiger partial charge in [0.2, 0.25) is 0 Å². The molecule has 1 aromatic carbocycles. The summed E-state index contributed by atoms with van der Waals surface area (Å²) in [5.41, 5.74) is 1.87. The monoisotopic (exact) mass is 387 g/mol. The molecule has 104 valence electrons. The lowest BCUT2D eigenvalue weighted by Crippen LogP contribution is -2.31. The summed E-state index contributed by atoms with van der Waals surface area (Å²) in [4.78, 5) is 12.8. The molecule has 19 heavy (non-hydrogen) atoms. The number of amides is 1. The van der Waals surface area contributed by atoms with Crippen molar-refractivity contribution in [2.45, 2.75) is 37.4 Å². The van der Waals surface area contributed by atoms with Crippen molar-refractivity contribution in [1.29, 1.82) is 0 Å². The minimum absolute atomic E-state index is 0.0211. The highest BCUT2D eigenvalue weighted by molar-refractivity contribution is 9.10. The molecular formula is C15H19Br2NO. The Morgan fingerprint density at radius 1 is 1.32 bits per heavy atom. The number of halogens is 2. The molecule has 0 aliphatic heterocycles. The molecule has 0 unspecified atom stereocenters. The summed E-state index contributed by atoms with van der Waals surface area (Å²) in [5, 5.41) is 3.06. The van der Waals surface area contributed by atoms with E-state index in [1.165, 1.54) is 25.7 Å². The zero-order valence-corrected chi connectivity index (χ0v) is 14.3. The van der Waals surface area contributed by atoms with Gasteiger partial charge in [0.25, 0.3) is 5.91 Å². The van der Waals surface area contributed by atoms with Crippen molar-refractivity contribution in [2.75, 3.05) is 6.54 Å². The Morgan fingerprint density at radius 2 is 2.00 bits per heavy atom. The molecule has 1 aliphatic rings. The van der Waals surface area contributed by atoms with Crippen LogP contribution in [0.25, 0.3) is 0 Å². The van der Waals surface area contributed by atoms with Gasteiger partial charge in [-0.05, 0) is 72.2 Å². The number of carbonyl (C=O) groups is 1. The topological polar surface area (TPSA) is 29.1 Å². The van der Waals surface area contributed by atoms with E-state index in [2.05, 4.69) is 37.2 Å². The third-order valence-electron chi connectivity index (χ3n) is 3.70. The summed E-state index contributed by atoms with van der Waals surface area (Å²) in [7, 11) is 0. The molecule has 1 amide bonds. The van der Waals surface area contributed by atoms with Gasteiger partial charge in [0.05, 0.1) is 5.56 Å². The Labute approximate surface area is 131 Å². The Morgan fingerprint density at radius 3 is 2.63 bits per heavy atom. The fourth-order valence-corrected chi connectivity index (χ4v) is 3.66. The number of rotatable bonds is 3. The zero-order valence-electron chi connectivity index (χ0n) is 11.1. The number of hydrogen-bond donors (Lipinski definition) is 1. The van der Waals surface area contributed by atoms with Gasteiger partial charge in [-0.1, -0.05) is 22.0 Å². The van der Waals surface area contributed by atoms with E-state index in [0.29, 0.717) is 10.7 Å². The van der Waals surface area contributed by atoms with Crippen molar-refractivity contribution < 1.29 is 4.79 Å². The number of nitrogens with one attached hydrogen (secondary N) is 1. The minimum atomic E-state index is 0.0211. The van der Waals surface area contributed by atoms with E-state index in [0.717, 1.165) is 22.1 Å². The second-order valence-corrected chi connectivity index (χ2v) is 7.46. The molecule has 0 bridgehead atoms. The standard InChI is InChI=1S/C15H19Br2NO/c1-10-2-7-13(14(17)8-10)15(19)18-9-11-3-5-12(16)6-4-11/h2,7-8,11-12H,3-6,9H2,1H3,(H,18,19). The number of aryl methyl sites for hydroxylation is 1. The van der Waals surface area contributed by atoms with Crippen LogP contribution in [0.15, 0.2) is 22.7 Å². The van der Waals surface area contributed by atoms with Crippen molar-refractivity contribution in [1.82, 2.24) is 5.32 Å². The molecular weight excluding hydrogens is 370 g/mol. The van der Waals surface area contributed by atoms with E-state index in [9.17, 15) is 4.79 Å². The normalized spacial score (nSPS) is 23.1. The average molecular weight is 389 g/mol. The summed E-state index contributed by atoms with van der Waals surface area (Å²) < 4.78 is 0.870. The summed E-state index contributed by atoms with van der Waals surface area (Å²) in [6, 6.07) is 5.82. The van der Waals surface area contributed by atoms with Crippen LogP contribution in [0.2, 0.25) is 0 Å². The SMILES string of the molecule is Cc1ccc(C(=O)NCC2CCC(Br)CC2)c(Br)c1. The second kappa shape index (κ2) is 6.89. The molecule has 2 rings (SSSR count). The van der Waals surface area contributed by atoms with Gasteiger partial charge in [-0.25, -0.2) is 0 Å². The number of hydrogen-bond acceptors (Lipinski definition) is 1. The highest BCUT2D eigenvalue weighted by Crippen LogP contribution is 2.28. The van der Waals surface area contributed by atoms with Crippen LogP contribution in [0, 0.1) is 12.8 Å². The van der Waals surface area contributed by atoms with Gasteiger partial charge in [0.1, 0.15) is 0 Å². The Kier molecular flexibility index (Phi) is 5.46. The van der Waals surface area contributed by atoms with E-state index in [-0.39, 0.29) is 5.91 Å². The fraction of sp³-hybridized carbons (Fsp3) is 0.533. The smallest absolute Gasteiger partial charge is 0.252 e. The van der Waals surface area contributed by atoms with Gasteiger partial charge in [0, 0.05) is 15.8 Å². The van der Waals surface area contributed by atoms with Crippen LogP contribution in [-0.4, -0.2) is 17.3 Å². The zero-order chi connectivity index (χ0) is 13.8. The number of benzene rings is 1.